The lowest BCUT2D eigenvalue weighted by Crippen LogP contribution is -2.29. The number of ether oxygens (including phenoxy) is 1. The summed E-state index contributed by atoms with van der Waals surface area (Å²) >= 11 is 2.74. The number of anilines is 1. The molecular formula is C34H27N5O4S2. The molecule has 1 aliphatic heterocycles. The second-order valence-corrected chi connectivity index (χ2v) is 12.8. The van der Waals surface area contributed by atoms with Gasteiger partial charge < -0.3 is 14.2 Å². The third-order valence-corrected chi connectivity index (χ3v) is 10.1. The van der Waals surface area contributed by atoms with Gasteiger partial charge in [0.05, 0.1) is 24.4 Å². The van der Waals surface area contributed by atoms with Gasteiger partial charge in [-0.25, -0.2) is 4.98 Å². The molecule has 224 valence electrons. The molecule has 9 nitrogen and oxygen atoms in total. The number of imidazole rings is 1. The fourth-order valence-corrected chi connectivity index (χ4v) is 7.59. The van der Waals surface area contributed by atoms with E-state index in [-0.39, 0.29) is 22.2 Å². The first-order chi connectivity index (χ1) is 21.9. The molecule has 0 aliphatic carbocycles. The van der Waals surface area contributed by atoms with Gasteiger partial charge >= 0.3 is 5.91 Å². The summed E-state index contributed by atoms with van der Waals surface area (Å²) in [7, 11) is 1.56. The van der Waals surface area contributed by atoms with Gasteiger partial charge in [-0.1, -0.05) is 83.8 Å². The highest BCUT2D eigenvalue weighted by Gasteiger charge is 2.49. The molecule has 0 saturated carbocycles. The van der Waals surface area contributed by atoms with E-state index in [9.17, 15) is 14.7 Å². The van der Waals surface area contributed by atoms with E-state index in [1.165, 1.54) is 33.4 Å². The van der Waals surface area contributed by atoms with Crippen molar-refractivity contribution in [1.29, 1.82) is 0 Å². The van der Waals surface area contributed by atoms with Crippen molar-refractivity contribution >= 4 is 62.1 Å². The maximum Gasteiger partial charge on any atom is 0.301 e. The Balaban J connectivity index is 1.29. The zero-order valence-electron chi connectivity index (χ0n) is 24.6. The number of methoxy groups -OCH3 is 1. The van der Waals surface area contributed by atoms with Gasteiger partial charge in [-0.3, -0.25) is 14.5 Å². The van der Waals surface area contributed by atoms with E-state index in [4.69, 9.17) is 4.74 Å². The summed E-state index contributed by atoms with van der Waals surface area (Å²) < 4.78 is 7.85. The average Bonchev–Trinajstić information content (AvgIpc) is 3.74. The minimum atomic E-state index is -0.954. The van der Waals surface area contributed by atoms with Crippen molar-refractivity contribution in [3.8, 4) is 5.75 Å². The van der Waals surface area contributed by atoms with E-state index in [2.05, 4.69) is 39.4 Å². The van der Waals surface area contributed by atoms with E-state index in [0.29, 0.717) is 32.7 Å². The number of nitrogens with zero attached hydrogens (tertiary/aromatic N) is 5. The summed E-state index contributed by atoms with van der Waals surface area (Å²) in [5, 5.41) is 23.0. The van der Waals surface area contributed by atoms with Crippen LogP contribution in [-0.4, -0.2) is 43.5 Å². The molecule has 1 unspecified atom stereocenters. The van der Waals surface area contributed by atoms with Crippen molar-refractivity contribution in [3.05, 3.63) is 119 Å². The van der Waals surface area contributed by atoms with Crippen LogP contribution in [0.1, 0.15) is 34.1 Å². The van der Waals surface area contributed by atoms with E-state index in [1.807, 2.05) is 54.8 Å². The van der Waals surface area contributed by atoms with Crippen LogP contribution in [0.4, 0.5) is 5.13 Å². The molecule has 7 rings (SSSR count). The molecule has 1 N–H and O–H groups in total. The van der Waals surface area contributed by atoms with Gasteiger partial charge in [-0.05, 0) is 59.5 Å². The largest absolute Gasteiger partial charge is 0.505 e. The van der Waals surface area contributed by atoms with E-state index < -0.39 is 17.7 Å². The molecular weight excluding hydrogens is 607 g/mol. The SMILES string of the molecule is COc1ccc(C2C(=C(O)c3nc4c(C)cccn4c3C)C(=O)C(=O)N2c2nnc(SCc3cccc4ccccc34)s2)cc1. The van der Waals surface area contributed by atoms with Gasteiger partial charge in [-0.2, -0.15) is 0 Å². The lowest BCUT2D eigenvalue weighted by atomic mass is 9.96. The number of thioether (sulfide) groups is 1. The number of fused-ring (bicyclic) bond motifs is 2. The zero-order chi connectivity index (χ0) is 31.2. The van der Waals surface area contributed by atoms with Gasteiger partial charge in [-0.15, -0.1) is 10.2 Å². The Hall–Kier alpha value is -5.00. The van der Waals surface area contributed by atoms with E-state index in [0.717, 1.165) is 16.5 Å². The standard InChI is InChI=1S/C34H27N5O4S2/c1-19-8-7-17-38-20(2)27(35-31(19)38)29(40)26-28(22-13-15-24(43-3)16-14-22)39(32(42)30(26)41)33-36-37-34(45-33)44-18-23-11-6-10-21-9-4-5-12-25(21)23/h4-17,28,40H,18H2,1-3H3. The number of hydrogen-bond donors (Lipinski definition) is 1. The van der Waals surface area contributed by atoms with Gasteiger partial charge in [0.1, 0.15) is 17.1 Å². The molecule has 0 bridgehead atoms. The highest BCUT2D eigenvalue weighted by Crippen LogP contribution is 2.44. The van der Waals surface area contributed by atoms with Crippen molar-refractivity contribution in [2.24, 2.45) is 0 Å². The number of aryl methyl sites for hydroxylation is 2. The summed E-state index contributed by atoms with van der Waals surface area (Å²) in [5.74, 6) is -0.681. The van der Waals surface area contributed by atoms with Gasteiger partial charge in [0, 0.05) is 11.9 Å². The average molecular weight is 634 g/mol. The monoisotopic (exact) mass is 633 g/mol. The first-order valence-electron chi connectivity index (χ1n) is 14.2. The third kappa shape index (κ3) is 4.94. The molecule has 1 fully saturated rings. The van der Waals surface area contributed by atoms with E-state index in [1.54, 1.807) is 31.4 Å². The Morgan fingerprint density at radius 1 is 0.978 bits per heavy atom. The number of aromatic nitrogens is 4. The lowest BCUT2D eigenvalue weighted by Gasteiger charge is -2.22. The van der Waals surface area contributed by atoms with Gasteiger partial charge in [0.25, 0.3) is 5.78 Å². The molecule has 1 aliphatic rings. The molecule has 1 saturated heterocycles. The second-order valence-electron chi connectivity index (χ2n) is 10.7. The summed E-state index contributed by atoms with van der Waals surface area (Å²) in [6.07, 6.45) is 1.85. The van der Waals surface area contributed by atoms with Gasteiger partial charge in [0.2, 0.25) is 5.13 Å². The predicted octanol–water partition coefficient (Wildman–Crippen LogP) is 6.88. The van der Waals surface area contributed by atoms with Crippen molar-refractivity contribution in [1.82, 2.24) is 19.6 Å². The van der Waals surface area contributed by atoms with Crippen LogP contribution < -0.4 is 9.64 Å². The quantitative estimate of drug-likeness (QED) is 0.0666. The Morgan fingerprint density at radius 2 is 1.76 bits per heavy atom. The van der Waals surface area contributed by atoms with Crippen molar-refractivity contribution in [2.45, 2.75) is 30.0 Å². The molecule has 45 heavy (non-hydrogen) atoms. The predicted molar refractivity (Wildman–Crippen MR) is 176 cm³/mol. The fraction of sp³-hybridized carbons (Fsp3) is 0.147. The van der Waals surface area contributed by atoms with Gasteiger partial charge in [0.15, 0.2) is 10.1 Å². The number of amides is 1. The summed E-state index contributed by atoms with van der Waals surface area (Å²) in [6.45, 7) is 3.74. The molecule has 11 heteroatoms. The Labute approximate surface area is 266 Å². The number of rotatable bonds is 7. The minimum absolute atomic E-state index is 0.0607. The fourth-order valence-electron chi connectivity index (χ4n) is 5.72. The molecule has 1 amide bonds. The van der Waals surface area contributed by atoms with Crippen molar-refractivity contribution in [3.63, 3.8) is 0 Å². The van der Waals surface area contributed by atoms with Crippen molar-refractivity contribution < 1.29 is 19.4 Å². The highest BCUT2D eigenvalue weighted by molar-refractivity contribution is 8.00. The Kier molecular flexibility index (Phi) is 7.34. The molecule has 4 heterocycles. The molecule has 3 aromatic heterocycles. The third-order valence-electron chi connectivity index (χ3n) is 8.02. The van der Waals surface area contributed by atoms with Crippen LogP contribution in [0.15, 0.2) is 95.0 Å². The number of hydrogen-bond acceptors (Lipinski definition) is 9. The highest BCUT2D eigenvalue weighted by atomic mass is 32.2. The van der Waals surface area contributed by atoms with Crippen LogP contribution >= 0.6 is 23.1 Å². The summed E-state index contributed by atoms with van der Waals surface area (Å²) in [6, 6.07) is 24.3. The number of Topliss-reactive ketones (excluding diaryl/α,β-unsaturated/α-hetero) is 1. The molecule has 0 radical (unpaired) electrons. The number of aliphatic hydroxyl groups excluding tert-OH is 1. The summed E-state index contributed by atoms with van der Waals surface area (Å²) in [4.78, 5) is 33.4. The second kappa shape index (κ2) is 11.5. The first kappa shape index (κ1) is 28.8. The maximum atomic E-state index is 13.7. The van der Waals surface area contributed by atoms with Crippen molar-refractivity contribution in [2.75, 3.05) is 12.0 Å². The lowest BCUT2D eigenvalue weighted by molar-refractivity contribution is -0.132. The minimum Gasteiger partial charge on any atom is -0.505 e. The topological polar surface area (TPSA) is 110 Å². The van der Waals surface area contributed by atoms with Crippen LogP contribution in [0.5, 0.6) is 5.75 Å². The van der Waals surface area contributed by atoms with Crippen LogP contribution in [0.3, 0.4) is 0 Å². The number of pyridine rings is 1. The Bertz CT molecular complexity index is 2150. The Morgan fingerprint density at radius 3 is 2.53 bits per heavy atom. The number of carbonyl (C=O) groups excluding carboxylic acids is 2. The van der Waals surface area contributed by atoms with Crippen LogP contribution in [0.2, 0.25) is 0 Å². The van der Waals surface area contributed by atoms with E-state index >= 15 is 0 Å². The molecule has 0 spiro atoms. The number of aliphatic hydroxyl groups is 1. The summed E-state index contributed by atoms with van der Waals surface area (Å²) in [5.41, 5.74) is 4.16. The van der Waals surface area contributed by atoms with Crippen LogP contribution in [-0.2, 0) is 15.3 Å². The molecule has 6 aromatic rings. The first-order valence-corrected chi connectivity index (χ1v) is 16.0. The molecule has 3 aromatic carbocycles. The number of benzene rings is 3. The molecule has 1 atom stereocenters. The zero-order valence-corrected chi connectivity index (χ0v) is 26.2. The maximum absolute atomic E-state index is 13.7. The normalized spacial score (nSPS) is 16.2. The smallest absolute Gasteiger partial charge is 0.301 e. The number of carbonyl (C=O) groups is 2. The van der Waals surface area contributed by atoms with Crippen LogP contribution in [0, 0.1) is 13.8 Å². The van der Waals surface area contributed by atoms with Crippen LogP contribution in [0.25, 0.3) is 22.2 Å². The number of ketones is 1.